The molecule has 0 spiro atoms. The van der Waals surface area contributed by atoms with Crippen molar-refractivity contribution in [3.63, 3.8) is 0 Å². The number of aromatic nitrogens is 1. The van der Waals surface area contributed by atoms with Crippen LogP contribution < -0.4 is 9.80 Å². The molecule has 9 nitrogen and oxygen atoms in total. The molecule has 2 saturated heterocycles. The van der Waals surface area contributed by atoms with Gasteiger partial charge in [0, 0.05) is 22.1 Å². The van der Waals surface area contributed by atoms with Gasteiger partial charge in [0.05, 0.1) is 34.5 Å². The average molecular weight is 796 g/mol. The number of anilines is 2. The Morgan fingerprint density at radius 2 is 1.47 bits per heavy atom. The fourth-order valence-corrected chi connectivity index (χ4v) is 10.8. The van der Waals surface area contributed by atoms with Gasteiger partial charge in [-0.15, -0.1) is 0 Å². The first-order chi connectivity index (χ1) is 28.8. The van der Waals surface area contributed by atoms with Crippen molar-refractivity contribution in [2.45, 2.75) is 24.2 Å². The third-order valence-electron chi connectivity index (χ3n) is 13.1. The highest BCUT2D eigenvalue weighted by atomic mass is 35.5. The van der Waals surface area contributed by atoms with Crippen LogP contribution in [0, 0.1) is 23.7 Å². The number of phenols is 1. The molecule has 0 bridgehead atoms. The molecular formula is C49H34ClN3O6. The molecule has 2 aliphatic heterocycles. The van der Waals surface area contributed by atoms with Crippen LogP contribution in [0.5, 0.6) is 5.75 Å². The van der Waals surface area contributed by atoms with E-state index in [2.05, 4.69) is 4.98 Å². The van der Waals surface area contributed by atoms with Crippen molar-refractivity contribution in [2.75, 3.05) is 9.80 Å². The average Bonchev–Trinajstić information content (AvgIpc) is 3.88. The number of hydrogen-bond acceptors (Lipinski definition) is 7. The number of imide groups is 2. The first-order valence-corrected chi connectivity index (χ1v) is 20.1. The van der Waals surface area contributed by atoms with Gasteiger partial charge < -0.3 is 9.52 Å². The van der Waals surface area contributed by atoms with Gasteiger partial charge in [0.15, 0.2) is 5.58 Å². The molecule has 1 aromatic heterocycles. The molecule has 4 amide bonds. The second kappa shape index (κ2) is 13.1. The molecule has 2 aliphatic carbocycles. The zero-order chi connectivity index (χ0) is 40.2. The molecule has 7 aromatic rings. The third-order valence-corrected chi connectivity index (χ3v) is 13.3. The molecule has 1 saturated carbocycles. The Balaban J connectivity index is 1.07. The topological polar surface area (TPSA) is 121 Å². The summed E-state index contributed by atoms with van der Waals surface area (Å²) in [6, 6.07) is 41.6. The highest BCUT2D eigenvalue weighted by Gasteiger charge is 2.70. The molecular weight excluding hydrogens is 762 g/mol. The van der Waals surface area contributed by atoms with Gasteiger partial charge >= 0.3 is 0 Å². The first kappa shape index (κ1) is 35.3. The van der Waals surface area contributed by atoms with Crippen molar-refractivity contribution < 1.29 is 28.7 Å². The van der Waals surface area contributed by atoms with Crippen molar-refractivity contribution >= 4 is 68.5 Å². The summed E-state index contributed by atoms with van der Waals surface area (Å²) in [5.74, 6) is -5.07. The van der Waals surface area contributed by atoms with Crippen LogP contribution in [0.3, 0.4) is 0 Å². The molecule has 10 heteroatoms. The molecule has 11 rings (SSSR count). The quantitative estimate of drug-likeness (QED) is 0.136. The van der Waals surface area contributed by atoms with Crippen molar-refractivity contribution in [1.82, 2.24) is 4.98 Å². The molecule has 3 heterocycles. The number of nitrogens with zero attached hydrogens (tertiary/aromatic N) is 3. The Labute approximate surface area is 343 Å². The molecule has 59 heavy (non-hydrogen) atoms. The van der Waals surface area contributed by atoms with Gasteiger partial charge in [-0.05, 0) is 95.8 Å². The number of para-hydroxylation sites is 2. The van der Waals surface area contributed by atoms with Crippen LogP contribution in [0.2, 0.25) is 5.02 Å². The van der Waals surface area contributed by atoms with Crippen LogP contribution in [-0.4, -0.2) is 33.7 Å². The number of oxazole rings is 1. The van der Waals surface area contributed by atoms with Crippen LogP contribution in [0.1, 0.15) is 29.9 Å². The lowest BCUT2D eigenvalue weighted by atomic mass is 9.48. The van der Waals surface area contributed by atoms with Crippen molar-refractivity contribution in [1.29, 1.82) is 0 Å². The van der Waals surface area contributed by atoms with Gasteiger partial charge in [0.25, 0.3) is 0 Å². The lowest BCUT2D eigenvalue weighted by molar-refractivity contribution is -0.127. The second-order valence-corrected chi connectivity index (χ2v) is 16.3. The number of allylic oxidation sites excluding steroid dienone is 2. The number of phenolic OH excluding ortho intramolecular Hbond substituents is 1. The fraction of sp³-hybridized carbons (Fsp3) is 0.163. The van der Waals surface area contributed by atoms with Crippen molar-refractivity contribution in [3.8, 4) is 17.2 Å². The Hall–Kier alpha value is -6.84. The molecule has 6 unspecified atom stereocenters. The Kier molecular flexibility index (Phi) is 7.84. The van der Waals surface area contributed by atoms with Gasteiger partial charge in [0.1, 0.15) is 11.3 Å². The van der Waals surface area contributed by atoms with Gasteiger partial charge in [-0.25, -0.2) is 9.88 Å². The van der Waals surface area contributed by atoms with E-state index in [-0.39, 0.29) is 30.4 Å². The summed E-state index contributed by atoms with van der Waals surface area (Å²) in [6.45, 7) is 0. The normalized spacial score (nSPS) is 25.0. The Morgan fingerprint density at radius 1 is 0.712 bits per heavy atom. The van der Waals surface area contributed by atoms with E-state index in [4.69, 9.17) is 16.0 Å². The number of fused-ring (bicyclic) bond motifs is 6. The molecule has 3 fully saturated rings. The lowest BCUT2D eigenvalue weighted by Gasteiger charge is -2.51. The minimum atomic E-state index is -1.52. The van der Waals surface area contributed by atoms with Gasteiger partial charge in [-0.2, -0.15) is 0 Å². The highest BCUT2D eigenvalue weighted by molar-refractivity contribution is 6.32. The van der Waals surface area contributed by atoms with E-state index in [1.54, 1.807) is 54.6 Å². The third kappa shape index (κ3) is 5.01. The van der Waals surface area contributed by atoms with Crippen LogP contribution in [0.25, 0.3) is 33.3 Å². The second-order valence-electron chi connectivity index (χ2n) is 15.9. The van der Waals surface area contributed by atoms with E-state index in [1.807, 2.05) is 91.0 Å². The van der Waals surface area contributed by atoms with Crippen LogP contribution >= 0.6 is 11.6 Å². The van der Waals surface area contributed by atoms with Gasteiger partial charge in [-0.3, -0.25) is 24.1 Å². The number of benzene rings is 6. The largest absolute Gasteiger partial charge is 0.508 e. The number of amides is 4. The minimum Gasteiger partial charge on any atom is -0.508 e. The predicted octanol–water partition coefficient (Wildman–Crippen LogP) is 9.37. The Morgan fingerprint density at radius 3 is 2.27 bits per heavy atom. The standard InChI is InChI=1S/C49H34ClN3O6/c50-30-12-8-13-32(25-30)53-46(56)37-26-36-34(43(49(37,48(53)58)29-10-2-1-3-11-29)42-33-14-5-4-9-27(33)19-24-39(42)54)22-23-35-41(36)47(57)52(45(35)55)31-20-17-28(18-21-31)44-51-38-15-6-7-16-40(38)59-44/h1-22,24-25,35-37,41,43,54H,23,26H2. The smallest absolute Gasteiger partial charge is 0.246 e. The van der Waals surface area contributed by atoms with Gasteiger partial charge in [-0.1, -0.05) is 102 Å². The number of rotatable bonds is 5. The summed E-state index contributed by atoms with van der Waals surface area (Å²) in [5, 5.41) is 14.0. The summed E-state index contributed by atoms with van der Waals surface area (Å²) >= 11 is 6.47. The minimum absolute atomic E-state index is 0.0256. The summed E-state index contributed by atoms with van der Waals surface area (Å²) in [4.78, 5) is 67.3. The van der Waals surface area contributed by atoms with Crippen LogP contribution in [-0.2, 0) is 24.6 Å². The molecule has 288 valence electrons. The van der Waals surface area contributed by atoms with Crippen LogP contribution in [0.15, 0.2) is 156 Å². The predicted molar refractivity (Wildman–Crippen MR) is 224 cm³/mol. The molecule has 6 aromatic carbocycles. The van der Waals surface area contributed by atoms with E-state index >= 15 is 9.59 Å². The lowest BCUT2D eigenvalue weighted by Crippen LogP contribution is -2.53. The van der Waals surface area contributed by atoms with Crippen molar-refractivity contribution in [2.24, 2.45) is 23.7 Å². The summed E-state index contributed by atoms with van der Waals surface area (Å²) in [6.07, 6.45) is 2.38. The molecule has 1 N–H and O–H groups in total. The first-order valence-electron chi connectivity index (χ1n) is 19.7. The highest BCUT2D eigenvalue weighted by Crippen LogP contribution is 2.66. The molecule has 4 aliphatic rings. The molecule has 0 radical (unpaired) electrons. The number of carbonyl (C=O) groups excluding carboxylic acids is 4. The van der Waals surface area contributed by atoms with Gasteiger partial charge in [0.2, 0.25) is 29.5 Å². The van der Waals surface area contributed by atoms with E-state index in [0.29, 0.717) is 44.6 Å². The van der Waals surface area contributed by atoms with Crippen molar-refractivity contribution in [3.05, 3.63) is 167 Å². The fourth-order valence-electron chi connectivity index (χ4n) is 10.6. The van der Waals surface area contributed by atoms with E-state index in [1.165, 1.54) is 9.80 Å². The number of carbonyl (C=O) groups is 4. The molecule has 6 atom stereocenters. The monoisotopic (exact) mass is 795 g/mol. The zero-order valence-electron chi connectivity index (χ0n) is 31.4. The summed E-state index contributed by atoms with van der Waals surface area (Å²) in [7, 11) is 0. The maximum atomic E-state index is 15.7. The Bertz CT molecular complexity index is 2930. The maximum absolute atomic E-state index is 15.7. The summed E-state index contributed by atoms with van der Waals surface area (Å²) < 4.78 is 5.97. The maximum Gasteiger partial charge on any atom is 0.246 e. The van der Waals surface area contributed by atoms with E-state index < -0.39 is 46.8 Å². The zero-order valence-corrected chi connectivity index (χ0v) is 32.1. The SMILES string of the molecule is O=C1C2CC=C3C(CC4C(=O)N(c5cccc(Cl)c5)C(=O)C4(c4ccccc4)C3c3c(O)ccc4ccccc34)C2C(=O)N1c1ccc(-c2nc3ccccc3o2)cc1. The number of hydrogen-bond donors (Lipinski definition) is 1. The van der Waals surface area contributed by atoms with Crippen LogP contribution in [0.4, 0.5) is 11.4 Å². The van der Waals surface area contributed by atoms with E-state index in [0.717, 1.165) is 21.9 Å². The van der Waals surface area contributed by atoms with E-state index in [9.17, 15) is 14.7 Å². The number of aromatic hydroxyl groups is 1. The summed E-state index contributed by atoms with van der Waals surface area (Å²) in [5.41, 5.74) is 3.21. The number of halogens is 1.